The first-order chi connectivity index (χ1) is 8.26. The molecule has 4 heteroatoms. The van der Waals surface area contributed by atoms with E-state index in [4.69, 9.17) is 4.74 Å². The third-order valence-corrected chi connectivity index (χ3v) is 2.47. The van der Waals surface area contributed by atoms with Crippen LogP contribution in [0.3, 0.4) is 0 Å². The Hall–Kier alpha value is -1.94. The molecule has 0 saturated heterocycles. The largest absolute Gasteiger partial charge is 0.481 e. The molecule has 0 saturated carbocycles. The molecule has 1 aromatic carbocycles. The fourth-order valence-electron chi connectivity index (χ4n) is 1.64. The van der Waals surface area contributed by atoms with Crippen LogP contribution in [-0.4, -0.2) is 17.2 Å². The van der Waals surface area contributed by atoms with Crippen molar-refractivity contribution >= 4 is 0 Å². The topological polar surface area (TPSA) is 42.4 Å². The summed E-state index contributed by atoms with van der Waals surface area (Å²) in [6, 6.07) is 8.10. The Kier molecular flexibility index (Phi) is 3.35. The summed E-state index contributed by atoms with van der Waals surface area (Å²) in [6.45, 7) is -0.196. The minimum Gasteiger partial charge on any atom is -0.481 e. The molecule has 0 amide bonds. The summed E-state index contributed by atoms with van der Waals surface area (Å²) in [4.78, 5) is 4.04. The van der Waals surface area contributed by atoms with Crippen LogP contribution in [0.15, 0.2) is 36.5 Å². The Labute approximate surface area is 98.5 Å². The van der Waals surface area contributed by atoms with Crippen LogP contribution in [0.4, 0.5) is 4.39 Å². The highest BCUT2D eigenvalue weighted by Gasteiger charge is 2.09. The average Bonchev–Trinajstić information content (AvgIpc) is 2.38. The Bertz CT molecular complexity index is 529. The number of pyridine rings is 1. The first kappa shape index (κ1) is 11.5. The zero-order valence-electron chi connectivity index (χ0n) is 9.35. The van der Waals surface area contributed by atoms with Crippen molar-refractivity contribution in [2.24, 2.45) is 0 Å². The maximum atomic E-state index is 13.6. The zero-order valence-corrected chi connectivity index (χ0v) is 9.35. The van der Waals surface area contributed by atoms with E-state index in [9.17, 15) is 9.50 Å². The molecule has 1 N–H and O–H groups in total. The summed E-state index contributed by atoms with van der Waals surface area (Å²) >= 11 is 0. The van der Waals surface area contributed by atoms with Gasteiger partial charge in [0.05, 0.1) is 13.7 Å². The van der Waals surface area contributed by atoms with Crippen LogP contribution in [0.5, 0.6) is 5.88 Å². The molecule has 2 aromatic rings. The molecule has 17 heavy (non-hydrogen) atoms. The highest BCUT2D eigenvalue weighted by atomic mass is 19.1. The van der Waals surface area contributed by atoms with E-state index >= 15 is 0 Å². The number of hydrogen-bond acceptors (Lipinski definition) is 3. The van der Waals surface area contributed by atoms with Crippen molar-refractivity contribution in [3.63, 3.8) is 0 Å². The average molecular weight is 233 g/mol. The number of halogens is 1. The third kappa shape index (κ3) is 2.26. The van der Waals surface area contributed by atoms with Gasteiger partial charge >= 0.3 is 0 Å². The van der Waals surface area contributed by atoms with Crippen molar-refractivity contribution in [3.8, 4) is 17.0 Å². The van der Waals surface area contributed by atoms with Gasteiger partial charge in [-0.1, -0.05) is 18.2 Å². The number of aromatic nitrogens is 1. The highest BCUT2D eigenvalue weighted by molar-refractivity contribution is 5.64. The van der Waals surface area contributed by atoms with E-state index in [2.05, 4.69) is 4.98 Å². The number of aliphatic hydroxyl groups is 1. The van der Waals surface area contributed by atoms with Gasteiger partial charge in [-0.15, -0.1) is 0 Å². The maximum absolute atomic E-state index is 13.6. The number of methoxy groups -OCH3 is 1. The van der Waals surface area contributed by atoms with Crippen LogP contribution in [0, 0.1) is 5.82 Å². The van der Waals surface area contributed by atoms with Gasteiger partial charge in [0.25, 0.3) is 0 Å². The first-order valence-electron chi connectivity index (χ1n) is 5.15. The smallest absolute Gasteiger partial charge is 0.218 e. The molecule has 0 aliphatic rings. The molecule has 88 valence electrons. The lowest BCUT2D eigenvalue weighted by atomic mass is 10.1. The van der Waals surface area contributed by atoms with E-state index in [1.165, 1.54) is 19.4 Å². The van der Waals surface area contributed by atoms with Gasteiger partial charge in [0.2, 0.25) is 5.88 Å². The summed E-state index contributed by atoms with van der Waals surface area (Å²) < 4.78 is 18.6. The van der Waals surface area contributed by atoms with Gasteiger partial charge in [-0.25, -0.2) is 9.37 Å². The van der Waals surface area contributed by atoms with E-state index in [-0.39, 0.29) is 12.4 Å². The molecule has 0 radical (unpaired) electrons. The van der Waals surface area contributed by atoms with Crippen molar-refractivity contribution in [1.29, 1.82) is 0 Å². The fraction of sp³-hybridized carbons (Fsp3) is 0.154. The Morgan fingerprint density at radius 3 is 2.76 bits per heavy atom. The SMILES string of the molecule is COc1ncc(-c2ccccc2F)cc1CO. The number of nitrogens with zero attached hydrogens (tertiary/aromatic N) is 1. The van der Waals surface area contributed by atoms with Crippen LogP contribution in [0.25, 0.3) is 11.1 Å². The molecular weight excluding hydrogens is 221 g/mol. The van der Waals surface area contributed by atoms with Crippen molar-refractivity contribution < 1.29 is 14.2 Å². The van der Waals surface area contributed by atoms with Gasteiger partial charge in [0, 0.05) is 22.9 Å². The van der Waals surface area contributed by atoms with E-state index in [1.54, 1.807) is 24.3 Å². The highest BCUT2D eigenvalue weighted by Crippen LogP contribution is 2.26. The molecule has 0 spiro atoms. The first-order valence-corrected chi connectivity index (χ1v) is 5.15. The molecule has 0 atom stereocenters. The molecular formula is C13H12FNO2. The maximum Gasteiger partial charge on any atom is 0.218 e. The Morgan fingerprint density at radius 1 is 1.35 bits per heavy atom. The van der Waals surface area contributed by atoms with Crippen LogP contribution >= 0.6 is 0 Å². The Balaban J connectivity index is 2.50. The molecule has 0 aliphatic heterocycles. The van der Waals surface area contributed by atoms with E-state index in [0.717, 1.165) is 0 Å². The molecule has 3 nitrogen and oxygen atoms in total. The van der Waals surface area contributed by atoms with Crippen molar-refractivity contribution in [2.45, 2.75) is 6.61 Å². The lowest BCUT2D eigenvalue weighted by Crippen LogP contribution is -1.96. The van der Waals surface area contributed by atoms with Crippen molar-refractivity contribution in [1.82, 2.24) is 4.98 Å². The van der Waals surface area contributed by atoms with Gasteiger partial charge in [-0.2, -0.15) is 0 Å². The van der Waals surface area contributed by atoms with Gasteiger partial charge in [0.15, 0.2) is 0 Å². The molecule has 0 unspecified atom stereocenters. The van der Waals surface area contributed by atoms with Crippen LogP contribution in [0.1, 0.15) is 5.56 Å². The summed E-state index contributed by atoms with van der Waals surface area (Å²) in [6.07, 6.45) is 1.52. The van der Waals surface area contributed by atoms with Crippen LogP contribution in [0.2, 0.25) is 0 Å². The number of rotatable bonds is 3. The Morgan fingerprint density at radius 2 is 2.12 bits per heavy atom. The van der Waals surface area contributed by atoms with Gasteiger partial charge in [0.1, 0.15) is 5.82 Å². The lowest BCUT2D eigenvalue weighted by molar-refractivity contribution is 0.271. The summed E-state index contributed by atoms with van der Waals surface area (Å²) in [5, 5.41) is 9.18. The minimum absolute atomic E-state index is 0.196. The van der Waals surface area contributed by atoms with Crippen LogP contribution in [-0.2, 0) is 6.61 Å². The molecule has 0 bridgehead atoms. The summed E-state index contributed by atoms with van der Waals surface area (Å²) in [5.74, 6) is 0.0379. The van der Waals surface area contributed by atoms with E-state index in [0.29, 0.717) is 22.6 Å². The van der Waals surface area contributed by atoms with E-state index < -0.39 is 0 Å². The second-order valence-corrected chi connectivity index (χ2v) is 3.53. The summed E-state index contributed by atoms with van der Waals surface area (Å²) in [5.41, 5.74) is 1.61. The standard InChI is InChI=1S/C13H12FNO2/c1-17-13-10(8-16)6-9(7-15-13)11-4-2-3-5-12(11)14/h2-7,16H,8H2,1H3. The van der Waals surface area contributed by atoms with Crippen LogP contribution < -0.4 is 4.74 Å². The summed E-state index contributed by atoms with van der Waals surface area (Å²) in [7, 11) is 1.48. The van der Waals surface area contributed by atoms with Gasteiger partial charge in [-0.3, -0.25) is 0 Å². The number of aliphatic hydroxyl groups excluding tert-OH is 1. The lowest BCUT2D eigenvalue weighted by Gasteiger charge is -2.08. The second-order valence-electron chi connectivity index (χ2n) is 3.53. The molecule has 2 rings (SSSR count). The normalized spacial score (nSPS) is 10.3. The van der Waals surface area contributed by atoms with Gasteiger partial charge < -0.3 is 9.84 Å². The number of benzene rings is 1. The quantitative estimate of drug-likeness (QED) is 0.885. The van der Waals surface area contributed by atoms with E-state index in [1.807, 2.05) is 0 Å². The third-order valence-electron chi connectivity index (χ3n) is 2.47. The predicted octanol–water partition coefficient (Wildman–Crippen LogP) is 2.39. The number of hydrogen-bond donors (Lipinski definition) is 1. The predicted molar refractivity (Wildman–Crippen MR) is 62.1 cm³/mol. The molecule has 1 heterocycles. The minimum atomic E-state index is -0.316. The zero-order chi connectivity index (χ0) is 12.3. The fourth-order valence-corrected chi connectivity index (χ4v) is 1.64. The van der Waals surface area contributed by atoms with Crippen molar-refractivity contribution in [2.75, 3.05) is 7.11 Å². The molecule has 1 aromatic heterocycles. The molecule has 0 aliphatic carbocycles. The number of ether oxygens (including phenoxy) is 1. The van der Waals surface area contributed by atoms with Crippen molar-refractivity contribution in [3.05, 3.63) is 47.9 Å². The second kappa shape index (κ2) is 4.93. The monoisotopic (exact) mass is 233 g/mol. The molecule has 0 fully saturated rings. The van der Waals surface area contributed by atoms with Gasteiger partial charge in [-0.05, 0) is 12.1 Å².